The van der Waals surface area contributed by atoms with E-state index < -0.39 is 0 Å². The largest absolute Gasteiger partial charge is 0.331 e. The van der Waals surface area contributed by atoms with Crippen LogP contribution in [0.5, 0.6) is 0 Å². The summed E-state index contributed by atoms with van der Waals surface area (Å²) in [5.41, 5.74) is 1.12. The molecule has 0 spiro atoms. The van der Waals surface area contributed by atoms with Crippen molar-refractivity contribution in [1.82, 2.24) is 9.55 Å². The maximum Gasteiger partial charge on any atom is 0.0950 e. The van der Waals surface area contributed by atoms with E-state index in [1.165, 1.54) is 0 Å². The average molecular weight is 201 g/mol. The highest BCUT2D eigenvalue weighted by atomic mass is 79.9. The fourth-order valence-electron chi connectivity index (χ4n) is 0.799. The second-order valence-electron chi connectivity index (χ2n) is 1.90. The first-order valence-electron chi connectivity index (χ1n) is 3.15. The minimum absolute atomic E-state index is 0.965. The van der Waals surface area contributed by atoms with Gasteiger partial charge in [0.1, 0.15) is 0 Å². The molecule has 0 saturated carbocycles. The lowest BCUT2D eigenvalue weighted by Gasteiger charge is -1.97. The molecule has 1 aromatic heterocycles. The molecule has 1 heterocycles. The molecule has 0 bridgehead atoms. The number of rotatable bonds is 2. The number of aryl methyl sites for hydroxylation is 1. The Morgan fingerprint density at radius 2 is 2.60 bits per heavy atom. The minimum Gasteiger partial charge on any atom is -0.331 e. The molecule has 0 aliphatic rings. The number of halogens is 1. The Hall–Kier alpha value is -0.570. The minimum atomic E-state index is 0.965. The molecule has 3 heteroatoms. The molecule has 54 valence electrons. The molecule has 1 aromatic rings. The third kappa shape index (κ3) is 1.48. The Morgan fingerprint density at radius 1 is 1.80 bits per heavy atom. The standard InChI is InChI=1S/C7H9BrN2/c1-2-10-6-9-5-7(10)3-4-8/h3-6H,2H2,1H3/b4-3+. The highest BCUT2D eigenvalue weighted by molar-refractivity contribution is 9.11. The Bertz CT molecular complexity index is 227. The van der Waals surface area contributed by atoms with Crippen LogP contribution in [-0.2, 0) is 6.54 Å². The molecule has 0 saturated heterocycles. The lowest BCUT2D eigenvalue weighted by molar-refractivity contribution is 0.754. The molecule has 0 fully saturated rings. The third-order valence-corrected chi connectivity index (χ3v) is 1.58. The highest BCUT2D eigenvalue weighted by Crippen LogP contribution is 2.02. The first-order chi connectivity index (χ1) is 4.88. The molecule has 0 amide bonds. The van der Waals surface area contributed by atoms with Gasteiger partial charge >= 0.3 is 0 Å². The molecule has 0 aliphatic carbocycles. The number of imidazole rings is 1. The van der Waals surface area contributed by atoms with Crippen molar-refractivity contribution in [3.05, 3.63) is 23.2 Å². The SMILES string of the molecule is CCn1cncc1/C=C/Br. The normalized spacial score (nSPS) is 11.0. The van der Waals surface area contributed by atoms with Gasteiger partial charge in [0.05, 0.1) is 18.2 Å². The van der Waals surface area contributed by atoms with E-state index in [9.17, 15) is 0 Å². The van der Waals surface area contributed by atoms with Gasteiger partial charge in [-0.1, -0.05) is 15.9 Å². The van der Waals surface area contributed by atoms with Crippen LogP contribution < -0.4 is 0 Å². The first-order valence-corrected chi connectivity index (χ1v) is 4.07. The maximum atomic E-state index is 4.00. The van der Waals surface area contributed by atoms with Crippen LogP contribution >= 0.6 is 15.9 Å². The second-order valence-corrected chi connectivity index (χ2v) is 2.43. The highest BCUT2D eigenvalue weighted by Gasteiger charge is 1.92. The predicted molar refractivity (Wildman–Crippen MR) is 45.9 cm³/mol. The molecule has 0 aromatic carbocycles. The van der Waals surface area contributed by atoms with Gasteiger partial charge in [-0.15, -0.1) is 0 Å². The van der Waals surface area contributed by atoms with Crippen molar-refractivity contribution in [1.29, 1.82) is 0 Å². The van der Waals surface area contributed by atoms with Crippen LogP contribution in [0.2, 0.25) is 0 Å². The van der Waals surface area contributed by atoms with Crippen LogP contribution in [0.4, 0.5) is 0 Å². The van der Waals surface area contributed by atoms with E-state index in [2.05, 4.69) is 32.4 Å². The van der Waals surface area contributed by atoms with Gasteiger partial charge in [0.25, 0.3) is 0 Å². The van der Waals surface area contributed by atoms with Crippen LogP contribution in [0.1, 0.15) is 12.6 Å². The topological polar surface area (TPSA) is 17.8 Å². The van der Waals surface area contributed by atoms with Crippen molar-refractivity contribution in [3.63, 3.8) is 0 Å². The summed E-state index contributed by atoms with van der Waals surface area (Å²) in [5, 5.41) is 0. The van der Waals surface area contributed by atoms with Crippen LogP contribution in [0.3, 0.4) is 0 Å². The van der Waals surface area contributed by atoms with Crippen molar-refractivity contribution >= 4 is 22.0 Å². The summed E-state index contributed by atoms with van der Waals surface area (Å²) in [4.78, 5) is 5.83. The Morgan fingerprint density at radius 3 is 3.20 bits per heavy atom. The van der Waals surface area contributed by atoms with E-state index in [0.717, 1.165) is 12.2 Å². The number of aromatic nitrogens is 2. The zero-order valence-electron chi connectivity index (χ0n) is 5.79. The third-order valence-electron chi connectivity index (χ3n) is 1.32. The Kier molecular flexibility index (Phi) is 2.68. The summed E-state index contributed by atoms with van der Waals surface area (Å²) in [7, 11) is 0. The van der Waals surface area contributed by atoms with E-state index >= 15 is 0 Å². The molecule has 0 N–H and O–H groups in total. The molecule has 10 heavy (non-hydrogen) atoms. The molecule has 0 atom stereocenters. The zero-order valence-corrected chi connectivity index (χ0v) is 7.37. The monoisotopic (exact) mass is 200 g/mol. The smallest absolute Gasteiger partial charge is 0.0950 e. The fraction of sp³-hybridized carbons (Fsp3) is 0.286. The lowest BCUT2D eigenvalue weighted by atomic mass is 10.4. The van der Waals surface area contributed by atoms with E-state index in [-0.39, 0.29) is 0 Å². The molecule has 0 aliphatic heterocycles. The van der Waals surface area contributed by atoms with Crippen LogP contribution in [-0.4, -0.2) is 9.55 Å². The van der Waals surface area contributed by atoms with E-state index in [1.54, 1.807) is 0 Å². The van der Waals surface area contributed by atoms with Gasteiger partial charge < -0.3 is 4.57 Å². The molecule has 2 nitrogen and oxygen atoms in total. The molecular weight excluding hydrogens is 192 g/mol. The van der Waals surface area contributed by atoms with Gasteiger partial charge in [-0.2, -0.15) is 0 Å². The summed E-state index contributed by atoms with van der Waals surface area (Å²) in [6, 6.07) is 0. The summed E-state index contributed by atoms with van der Waals surface area (Å²) in [5.74, 6) is 0. The molecule has 0 radical (unpaired) electrons. The van der Waals surface area contributed by atoms with Crippen molar-refractivity contribution in [2.24, 2.45) is 0 Å². The van der Waals surface area contributed by atoms with Gasteiger partial charge in [-0.3, -0.25) is 0 Å². The average Bonchev–Trinajstić information content (AvgIpc) is 2.36. The van der Waals surface area contributed by atoms with Crippen molar-refractivity contribution in [3.8, 4) is 0 Å². The maximum absolute atomic E-state index is 4.00. The summed E-state index contributed by atoms with van der Waals surface area (Å²) in [6.07, 6.45) is 5.63. The Balaban J connectivity index is 2.90. The molecule has 0 unspecified atom stereocenters. The van der Waals surface area contributed by atoms with Crippen LogP contribution in [0, 0.1) is 0 Å². The summed E-state index contributed by atoms with van der Waals surface area (Å²) in [6.45, 7) is 3.06. The predicted octanol–water partition coefficient (Wildman–Crippen LogP) is 2.27. The van der Waals surface area contributed by atoms with Crippen LogP contribution in [0.15, 0.2) is 17.5 Å². The quantitative estimate of drug-likeness (QED) is 0.717. The summed E-state index contributed by atoms with van der Waals surface area (Å²) < 4.78 is 2.07. The number of hydrogen-bond acceptors (Lipinski definition) is 1. The number of hydrogen-bond donors (Lipinski definition) is 0. The van der Waals surface area contributed by atoms with Gasteiger partial charge in [-0.05, 0) is 18.0 Å². The van der Waals surface area contributed by atoms with E-state index in [4.69, 9.17) is 0 Å². The van der Waals surface area contributed by atoms with Gasteiger partial charge in [0.15, 0.2) is 0 Å². The molecular formula is C7H9BrN2. The second kappa shape index (κ2) is 3.56. The van der Waals surface area contributed by atoms with Gasteiger partial charge in [0, 0.05) is 6.54 Å². The van der Waals surface area contributed by atoms with Gasteiger partial charge in [0.2, 0.25) is 0 Å². The fourth-order valence-corrected chi connectivity index (χ4v) is 1.07. The van der Waals surface area contributed by atoms with Crippen molar-refractivity contribution in [2.45, 2.75) is 13.5 Å². The zero-order chi connectivity index (χ0) is 7.40. The molecule has 1 rings (SSSR count). The summed E-state index contributed by atoms with van der Waals surface area (Å²) >= 11 is 3.21. The van der Waals surface area contributed by atoms with E-state index in [1.807, 2.05) is 23.6 Å². The van der Waals surface area contributed by atoms with Crippen molar-refractivity contribution < 1.29 is 0 Å². The lowest BCUT2D eigenvalue weighted by Crippen LogP contribution is -1.92. The van der Waals surface area contributed by atoms with E-state index in [0.29, 0.717) is 0 Å². The Labute approximate surface area is 68.7 Å². The number of nitrogens with zero attached hydrogens (tertiary/aromatic N) is 2. The van der Waals surface area contributed by atoms with Gasteiger partial charge in [-0.25, -0.2) is 4.98 Å². The van der Waals surface area contributed by atoms with Crippen molar-refractivity contribution in [2.75, 3.05) is 0 Å². The van der Waals surface area contributed by atoms with Crippen LogP contribution in [0.25, 0.3) is 6.08 Å². The first kappa shape index (κ1) is 7.54.